The second kappa shape index (κ2) is 11.1. The SMILES string of the molecule is CC(C)(C)OC(=O)NCc1ccc(Cl)c(C(=O)Nc2ccnc3c(Nc4cccc(C(F)(F)F)c4)nsc23)c1. The normalized spacial score (nSPS) is 11.8. The Morgan fingerprint density at radius 2 is 1.85 bits per heavy atom. The van der Waals surface area contributed by atoms with Gasteiger partial charge in [-0.25, -0.2) is 4.79 Å². The van der Waals surface area contributed by atoms with Crippen molar-refractivity contribution in [1.29, 1.82) is 0 Å². The highest BCUT2D eigenvalue weighted by atomic mass is 35.5. The third-order valence-corrected chi connectivity index (χ3v) is 6.37. The van der Waals surface area contributed by atoms with E-state index in [4.69, 9.17) is 16.3 Å². The lowest BCUT2D eigenvalue weighted by molar-refractivity contribution is -0.137. The van der Waals surface area contributed by atoms with Crippen LogP contribution in [0, 0.1) is 0 Å². The maximum atomic E-state index is 13.1. The third kappa shape index (κ3) is 7.15. The summed E-state index contributed by atoms with van der Waals surface area (Å²) in [5.41, 5.74) is 0.316. The van der Waals surface area contributed by atoms with Crippen molar-refractivity contribution in [1.82, 2.24) is 14.7 Å². The molecule has 0 bridgehead atoms. The van der Waals surface area contributed by atoms with E-state index in [1.165, 1.54) is 18.3 Å². The minimum absolute atomic E-state index is 0.116. The Labute approximate surface area is 230 Å². The van der Waals surface area contributed by atoms with Gasteiger partial charge < -0.3 is 20.7 Å². The second-order valence-electron chi connectivity index (χ2n) is 9.39. The van der Waals surface area contributed by atoms with Crippen molar-refractivity contribution < 1.29 is 27.5 Å². The first-order valence-electron chi connectivity index (χ1n) is 11.6. The van der Waals surface area contributed by atoms with Crippen molar-refractivity contribution in [2.75, 3.05) is 10.6 Å². The molecular formula is C26H23ClF3N5O3S. The first-order chi connectivity index (χ1) is 18.3. The molecule has 0 aliphatic carbocycles. The van der Waals surface area contributed by atoms with Crippen LogP contribution in [0.4, 0.5) is 35.2 Å². The van der Waals surface area contributed by atoms with Crippen LogP contribution in [-0.2, 0) is 17.5 Å². The molecule has 3 N–H and O–H groups in total. The number of pyridine rings is 1. The molecule has 2 heterocycles. The standard InChI is InChI=1S/C26H23ClF3N5O3S/c1-25(2,3)38-24(37)32-13-14-7-8-18(27)17(11-14)23(36)34-19-9-10-31-20-21(19)39-35-22(20)33-16-6-4-5-15(12-16)26(28,29)30/h4-12H,13H2,1-3H3,(H,32,37)(H,33,35)(H,31,34,36). The van der Waals surface area contributed by atoms with E-state index in [-0.39, 0.29) is 28.6 Å². The number of fused-ring (bicyclic) bond motifs is 1. The molecule has 2 aromatic carbocycles. The average molecular weight is 578 g/mol. The Balaban J connectivity index is 1.51. The summed E-state index contributed by atoms with van der Waals surface area (Å²) in [6.07, 6.45) is -3.63. The summed E-state index contributed by atoms with van der Waals surface area (Å²) in [6, 6.07) is 11.1. The molecule has 13 heteroatoms. The lowest BCUT2D eigenvalue weighted by Gasteiger charge is -2.19. The molecule has 0 radical (unpaired) electrons. The average Bonchev–Trinajstić information content (AvgIpc) is 3.25. The van der Waals surface area contributed by atoms with Crippen molar-refractivity contribution >= 4 is 62.5 Å². The number of carbonyl (C=O) groups excluding carboxylic acids is 2. The highest BCUT2D eigenvalue weighted by molar-refractivity contribution is 7.14. The van der Waals surface area contributed by atoms with Crippen LogP contribution in [0.1, 0.15) is 42.3 Å². The van der Waals surface area contributed by atoms with Gasteiger partial charge in [-0.2, -0.15) is 17.5 Å². The Kier molecular flexibility index (Phi) is 7.98. The van der Waals surface area contributed by atoms with Gasteiger partial charge in [-0.1, -0.05) is 23.7 Å². The van der Waals surface area contributed by atoms with E-state index in [0.717, 1.165) is 23.7 Å². The van der Waals surface area contributed by atoms with Gasteiger partial charge in [0, 0.05) is 18.4 Å². The largest absolute Gasteiger partial charge is 0.444 e. The number of aromatic nitrogens is 2. The van der Waals surface area contributed by atoms with Crippen LogP contribution in [0.5, 0.6) is 0 Å². The van der Waals surface area contributed by atoms with Gasteiger partial charge in [0.05, 0.1) is 26.5 Å². The molecule has 0 fully saturated rings. The molecule has 8 nitrogen and oxygen atoms in total. The van der Waals surface area contributed by atoms with Gasteiger partial charge in [-0.3, -0.25) is 9.78 Å². The number of halogens is 4. The maximum Gasteiger partial charge on any atom is 0.416 e. The number of hydrogen-bond donors (Lipinski definition) is 3. The number of amides is 2. The highest BCUT2D eigenvalue weighted by Gasteiger charge is 2.30. The van der Waals surface area contributed by atoms with Gasteiger partial charge in [-0.05, 0) is 74.3 Å². The van der Waals surface area contributed by atoms with Crippen molar-refractivity contribution in [2.24, 2.45) is 0 Å². The van der Waals surface area contributed by atoms with Gasteiger partial charge in [0.1, 0.15) is 11.1 Å². The predicted molar refractivity (Wildman–Crippen MR) is 145 cm³/mol. The number of benzene rings is 2. The lowest BCUT2D eigenvalue weighted by Crippen LogP contribution is -2.32. The lowest BCUT2D eigenvalue weighted by atomic mass is 10.1. The molecule has 0 spiro atoms. The van der Waals surface area contributed by atoms with E-state index in [0.29, 0.717) is 21.5 Å². The molecule has 2 amide bonds. The fourth-order valence-electron chi connectivity index (χ4n) is 3.47. The molecule has 0 aliphatic rings. The molecule has 4 rings (SSSR count). The molecular weight excluding hydrogens is 555 g/mol. The van der Waals surface area contributed by atoms with E-state index >= 15 is 0 Å². The van der Waals surface area contributed by atoms with Gasteiger partial charge in [-0.15, -0.1) is 0 Å². The fraction of sp³-hybridized carbons (Fsp3) is 0.231. The molecule has 0 saturated carbocycles. The van der Waals surface area contributed by atoms with Crippen molar-refractivity contribution in [3.05, 3.63) is 76.4 Å². The number of ether oxygens (including phenoxy) is 1. The van der Waals surface area contributed by atoms with E-state index in [9.17, 15) is 22.8 Å². The number of nitrogens with zero attached hydrogens (tertiary/aromatic N) is 2. The van der Waals surface area contributed by atoms with E-state index in [1.54, 1.807) is 45.0 Å². The third-order valence-electron chi connectivity index (χ3n) is 5.17. The predicted octanol–water partition coefficient (Wildman–Crippen LogP) is 7.38. The van der Waals surface area contributed by atoms with Gasteiger partial charge in [0.15, 0.2) is 5.82 Å². The van der Waals surface area contributed by atoms with Crippen LogP contribution in [-0.4, -0.2) is 27.0 Å². The smallest absolute Gasteiger partial charge is 0.416 e. The van der Waals surface area contributed by atoms with Gasteiger partial charge in [0.2, 0.25) is 0 Å². The molecule has 2 aromatic heterocycles. The monoisotopic (exact) mass is 577 g/mol. The number of hydrogen-bond acceptors (Lipinski definition) is 7. The number of carbonyl (C=O) groups is 2. The minimum Gasteiger partial charge on any atom is -0.444 e. The molecule has 0 saturated heterocycles. The molecule has 0 aliphatic heterocycles. The van der Waals surface area contributed by atoms with Crippen molar-refractivity contribution in [2.45, 2.75) is 39.1 Å². The quantitative estimate of drug-likeness (QED) is 0.221. The van der Waals surface area contributed by atoms with Crippen LogP contribution in [0.25, 0.3) is 10.2 Å². The van der Waals surface area contributed by atoms with Crippen LogP contribution >= 0.6 is 23.1 Å². The molecule has 204 valence electrons. The van der Waals surface area contributed by atoms with E-state index in [1.807, 2.05) is 0 Å². The zero-order chi connectivity index (χ0) is 28.4. The number of alkyl halides is 3. The van der Waals surface area contributed by atoms with Crippen LogP contribution in [0.2, 0.25) is 5.02 Å². The summed E-state index contributed by atoms with van der Waals surface area (Å²) in [5.74, 6) is -0.258. The maximum absolute atomic E-state index is 13.1. The first kappa shape index (κ1) is 28.1. The zero-order valence-corrected chi connectivity index (χ0v) is 22.5. The molecule has 0 unspecified atom stereocenters. The summed E-state index contributed by atoms with van der Waals surface area (Å²) in [5, 5.41) is 8.49. The Bertz CT molecular complexity index is 1540. The van der Waals surface area contributed by atoms with Crippen LogP contribution in [0.3, 0.4) is 0 Å². The zero-order valence-electron chi connectivity index (χ0n) is 20.9. The summed E-state index contributed by atoms with van der Waals surface area (Å²) in [7, 11) is 0. The summed E-state index contributed by atoms with van der Waals surface area (Å²) in [6.45, 7) is 5.37. The highest BCUT2D eigenvalue weighted by Crippen LogP contribution is 2.35. The van der Waals surface area contributed by atoms with Gasteiger partial charge in [0.25, 0.3) is 5.91 Å². The van der Waals surface area contributed by atoms with Crippen molar-refractivity contribution in [3.8, 4) is 0 Å². The van der Waals surface area contributed by atoms with E-state index in [2.05, 4.69) is 25.3 Å². The number of alkyl carbamates (subject to hydrolysis) is 1. The molecule has 39 heavy (non-hydrogen) atoms. The summed E-state index contributed by atoms with van der Waals surface area (Å²) >= 11 is 7.30. The second-order valence-corrected chi connectivity index (χ2v) is 10.6. The Morgan fingerprint density at radius 1 is 1.08 bits per heavy atom. The minimum atomic E-state index is -4.48. The topological polar surface area (TPSA) is 105 Å². The fourth-order valence-corrected chi connectivity index (χ4v) is 4.44. The van der Waals surface area contributed by atoms with Crippen LogP contribution in [0.15, 0.2) is 54.7 Å². The summed E-state index contributed by atoms with van der Waals surface area (Å²) < 4.78 is 49.2. The van der Waals surface area contributed by atoms with Crippen molar-refractivity contribution in [3.63, 3.8) is 0 Å². The van der Waals surface area contributed by atoms with Gasteiger partial charge >= 0.3 is 12.3 Å². The number of nitrogens with one attached hydrogen (secondary N) is 3. The van der Waals surface area contributed by atoms with E-state index < -0.39 is 29.3 Å². The van der Waals surface area contributed by atoms with Crippen LogP contribution < -0.4 is 16.0 Å². The number of anilines is 3. The number of rotatable bonds is 6. The summed E-state index contributed by atoms with van der Waals surface area (Å²) in [4.78, 5) is 29.4. The Morgan fingerprint density at radius 3 is 2.56 bits per heavy atom. The Hall–Kier alpha value is -3.90. The molecule has 4 aromatic rings. The first-order valence-corrected chi connectivity index (χ1v) is 12.7. The molecule has 0 atom stereocenters.